The summed E-state index contributed by atoms with van der Waals surface area (Å²) >= 11 is 0. The topological polar surface area (TPSA) is 120 Å². The highest BCUT2D eigenvalue weighted by atomic mass is 16.7. The normalized spacial score (nSPS) is 39.2. The van der Waals surface area contributed by atoms with Gasteiger partial charge in [-0.15, -0.1) is 0 Å². The molecule has 1 aliphatic heterocycles. The molecule has 0 unspecified atom stereocenters. The Labute approximate surface area is 136 Å². The van der Waals surface area contributed by atoms with Crippen LogP contribution >= 0.6 is 0 Å². The third-order valence-corrected chi connectivity index (χ3v) is 4.96. The van der Waals surface area contributed by atoms with Crippen molar-refractivity contribution in [2.24, 2.45) is 5.92 Å². The van der Waals surface area contributed by atoms with Crippen molar-refractivity contribution >= 4 is 0 Å². The zero-order chi connectivity index (χ0) is 17.2. The number of hydrogen-bond acceptors (Lipinski definition) is 7. The Balaban J connectivity index is 2.03. The fraction of sp³-hybridized carbons (Fsp3) is 0.875. The van der Waals surface area contributed by atoms with Crippen molar-refractivity contribution in [2.45, 2.75) is 69.4 Å². The third-order valence-electron chi connectivity index (χ3n) is 4.96. The first-order chi connectivity index (χ1) is 10.8. The fourth-order valence-electron chi connectivity index (χ4n) is 3.22. The van der Waals surface area contributed by atoms with Gasteiger partial charge in [0.2, 0.25) is 0 Å². The maximum absolute atomic E-state index is 10.1. The van der Waals surface area contributed by atoms with Gasteiger partial charge in [0.05, 0.1) is 18.8 Å². The first-order valence-corrected chi connectivity index (χ1v) is 8.07. The molecule has 1 fully saturated rings. The van der Waals surface area contributed by atoms with Crippen molar-refractivity contribution in [3.8, 4) is 0 Å². The molecule has 23 heavy (non-hydrogen) atoms. The van der Waals surface area contributed by atoms with Gasteiger partial charge in [-0.3, -0.25) is 0 Å². The van der Waals surface area contributed by atoms with Crippen LogP contribution in [0.5, 0.6) is 0 Å². The van der Waals surface area contributed by atoms with E-state index in [1.54, 1.807) is 0 Å². The van der Waals surface area contributed by atoms with E-state index < -0.39 is 42.9 Å². The van der Waals surface area contributed by atoms with Crippen molar-refractivity contribution in [1.82, 2.24) is 0 Å². The van der Waals surface area contributed by atoms with Crippen LogP contribution in [0.15, 0.2) is 11.6 Å². The highest BCUT2D eigenvalue weighted by Crippen LogP contribution is 2.36. The number of aliphatic hydroxyl groups excluding tert-OH is 5. The van der Waals surface area contributed by atoms with Crippen molar-refractivity contribution in [3.63, 3.8) is 0 Å². The van der Waals surface area contributed by atoms with E-state index in [1.165, 1.54) is 0 Å². The van der Waals surface area contributed by atoms with Crippen LogP contribution in [-0.2, 0) is 9.47 Å². The van der Waals surface area contributed by atoms with E-state index in [-0.39, 0.29) is 12.5 Å². The fourth-order valence-corrected chi connectivity index (χ4v) is 3.22. The summed E-state index contributed by atoms with van der Waals surface area (Å²) in [6.07, 6.45) is -1.91. The molecule has 2 rings (SSSR count). The molecule has 0 aromatic rings. The molecule has 2 aliphatic rings. The number of ether oxygens (including phenoxy) is 2. The molecule has 1 saturated heterocycles. The Morgan fingerprint density at radius 3 is 2.39 bits per heavy atom. The van der Waals surface area contributed by atoms with Gasteiger partial charge in [-0.1, -0.05) is 6.08 Å². The van der Waals surface area contributed by atoms with E-state index in [0.717, 1.165) is 24.8 Å². The predicted octanol–water partition coefficient (Wildman–Crippen LogP) is -0.700. The first kappa shape index (κ1) is 18.8. The minimum atomic E-state index is -1.44. The SMILES string of the molecule is CC(C)(O[C@@H]1O[C@H](CO)[C@@H](O)[C@H](O)[C@H]1O)[C@@H]1CC=C(CO)CC1. The second-order valence-corrected chi connectivity index (χ2v) is 6.91. The van der Waals surface area contributed by atoms with E-state index in [2.05, 4.69) is 0 Å². The molecule has 0 aromatic carbocycles. The number of allylic oxidation sites excluding steroid dienone is 1. The number of hydrogen-bond donors (Lipinski definition) is 5. The minimum absolute atomic E-state index is 0.0702. The molecule has 0 saturated carbocycles. The van der Waals surface area contributed by atoms with Gasteiger partial charge < -0.3 is 35.0 Å². The molecule has 1 aliphatic carbocycles. The van der Waals surface area contributed by atoms with Crippen LogP contribution < -0.4 is 0 Å². The summed E-state index contributed by atoms with van der Waals surface area (Å²) in [4.78, 5) is 0. The van der Waals surface area contributed by atoms with Gasteiger partial charge in [0.15, 0.2) is 6.29 Å². The molecular formula is C16H28O7. The van der Waals surface area contributed by atoms with Crippen molar-refractivity contribution in [3.05, 3.63) is 11.6 Å². The Morgan fingerprint density at radius 1 is 1.17 bits per heavy atom. The van der Waals surface area contributed by atoms with Crippen LogP contribution in [0.4, 0.5) is 0 Å². The average Bonchev–Trinajstić information content (AvgIpc) is 2.55. The molecule has 0 radical (unpaired) electrons. The molecular weight excluding hydrogens is 304 g/mol. The molecule has 0 bridgehead atoms. The Bertz CT molecular complexity index is 421. The second-order valence-electron chi connectivity index (χ2n) is 6.91. The molecule has 0 spiro atoms. The third kappa shape index (κ3) is 4.11. The maximum atomic E-state index is 10.1. The molecule has 6 atom stereocenters. The lowest BCUT2D eigenvalue weighted by molar-refractivity contribution is -0.328. The lowest BCUT2D eigenvalue weighted by atomic mass is 9.79. The number of rotatable bonds is 5. The minimum Gasteiger partial charge on any atom is -0.394 e. The Morgan fingerprint density at radius 2 is 1.87 bits per heavy atom. The van der Waals surface area contributed by atoms with Gasteiger partial charge in [-0.05, 0) is 44.6 Å². The van der Waals surface area contributed by atoms with Gasteiger partial charge in [0.25, 0.3) is 0 Å². The molecule has 0 aromatic heterocycles. The summed E-state index contributed by atoms with van der Waals surface area (Å²) in [6, 6.07) is 0. The maximum Gasteiger partial charge on any atom is 0.187 e. The highest BCUT2D eigenvalue weighted by Gasteiger charge is 2.46. The quantitative estimate of drug-likeness (QED) is 0.422. The van der Waals surface area contributed by atoms with E-state index in [4.69, 9.17) is 14.6 Å². The van der Waals surface area contributed by atoms with Crippen LogP contribution in [0.3, 0.4) is 0 Å². The van der Waals surface area contributed by atoms with Gasteiger partial charge in [0.1, 0.15) is 24.4 Å². The second kappa shape index (κ2) is 7.57. The first-order valence-electron chi connectivity index (χ1n) is 8.07. The summed E-state index contributed by atoms with van der Waals surface area (Å²) in [6.45, 7) is 3.37. The van der Waals surface area contributed by atoms with Crippen LogP contribution in [0.2, 0.25) is 0 Å². The Hall–Kier alpha value is -0.540. The zero-order valence-electron chi connectivity index (χ0n) is 13.6. The van der Waals surface area contributed by atoms with Crippen molar-refractivity contribution in [1.29, 1.82) is 0 Å². The van der Waals surface area contributed by atoms with Crippen LogP contribution in [0.25, 0.3) is 0 Å². The summed E-state index contributed by atoms with van der Waals surface area (Å²) < 4.78 is 11.3. The van der Waals surface area contributed by atoms with Gasteiger partial charge in [-0.25, -0.2) is 0 Å². The van der Waals surface area contributed by atoms with E-state index in [1.807, 2.05) is 19.9 Å². The standard InChI is InChI=1S/C16H28O7/c1-16(2,10-5-3-9(7-17)4-6-10)23-15-14(21)13(20)12(19)11(8-18)22-15/h3,10-15,17-21H,4-8H2,1-2H3/t10-,11-,12-,13+,14-,15+/m1/s1. The molecule has 7 nitrogen and oxygen atoms in total. The van der Waals surface area contributed by atoms with E-state index >= 15 is 0 Å². The molecule has 1 heterocycles. The van der Waals surface area contributed by atoms with Crippen molar-refractivity contribution < 1.29 is 35.0 Å². The van der Waals surface area contributed by atoms with E-state index in [0.29, 0.717) is 0 Å². The van der Waals surface area contributed by atoms with Crippen LogP contribution in [0, 0.1) is 5.92 Å². The summed E-state index contributed by atoms with van der Waals surface area (Å²) in [5.74, 6) is 0.171. The van der Waals surface area contributed by atoms with Crippen molar-refractivity contribution in [2.75, 3.05) is 13.2 Å². The summed E-state index contributed by atoms with van der Waals surface area (Å²) in [5.41, 5.74) is 0.385. The smallest absolute Gasteiger partial charge is 0.187 e. The highest BCUT2D eigenvalue weighted by molar-refractivity contribution is 5.08. The molecule has 7 heteroatoms. The molecule has 5 N–H and O–H groups in total. The summed E-state index contributed by atoms with van der Waals surface area (Å²) in [5, 5.41) is 48.1. The van der Waals surface area contributed by atoms with Gasteiger partial charge in [-0.2, -0.15) is 0 Å². The lowest BCUT2D eigenvalue weighted by Crippen LogP contribution is -2.60. The largest absolute Gasteiger partial charge is 0.394 e. The van der Waals surface area contributed by atoms with Crippen LogP contribution in [-0.4, -0.2) is 75.1 Å². The van der Waals surface area contributed by atoms with E-state index in [9.17, 15) is 20.4 Å². The lowest BCUT2D eigenvalue weighted by Gasteiger charge is -2.45. The predicted molar refractivity (Wildman–Crippen MR) is 81.4 cm³/mol. The average molecular weight is 332 g/mol. The zero-order valence-corrected chi connectivity index (χ0v) is 13.6. The van der Waals surface area contributed by atoms with Crippen LogP contribution in [0.1, 0.15) is 33.1 Å². The van der Waals surface area contributed by atoms with Gasteiger partial charge in [0, 0.05) is 0 Å². The monoisotopic (exact) mass is 332 g/mol. The number of aliphatic hydroxyl groups is 5. The Kier molecular flexibility index (Phi) is 6.18. The van der Waals surface area contributed by atoms with Gasteiger partial charge >= 0.3 is 0 Å². The molecule has 134 valence electrons. The summed E-state index contributed by atoms with van der Waals surface area (Å²) in [7, 11) is 0. The molecule has 0 amide bonds.